The van der Waals surface area contributed by atoms with Crippen LogP contribution >= 0.6 is 0 Å². The first-order valence-electron chi connectivity index (χ1n) is 5.56. The van der Waals surface area contributed by atoms with Gasteiger partial charge in [0.25, 0.3) is 0 Å². The quantitative estimate of drug-likeness (QED) is 0.754. The number of benzene rings is 1. The minimum Gasteiger partial charge on any atom is -0.508 e. The summed E-state index contributed by atoms with van der Waals surface area (Å²) < 4.78 is 0. The van der Waals surface area contributed by atoms with Gasteiger partial charge in [-0.1, -0.05) is 13.8 Å². The molecule has 3 heteroatoms. The lowest BCUT2D eigenvalue weighted by molar-refractivity contribution is -0.111. The third kappa shape index (κ3) is 1.78. The van der Waals surface area contributed by atoms with Crippen molar-refractivity contribution < 1.29 is 14.7 Å². The van der Waals surface area contributed by atoms with E-state index in [1.165, 1.54) is 6.07 Å². The van der Waals surface area contributed by atoms with Crippen LogP contribution < -0.4 is 0 Å². The van der Waals surface area contributed by atoms with Crippen LogP contribution in [-0.2, 0) is 4.79 Å². The maximum absolute atomic E-state index is 11.9. The minimum atomic E-state index is -0.530. The highest BCUT2D eigenvalue weighted by Gasteiger charge is 2.27. The SMILES string of the molecule is CC1=Cc2c(cc(O)cc2C(C)C)C(=O)C1=O. The molecule has 1 aliphatic rings. The van der Waals surface area contributed by atoms with Gasteiger partial charge in [-0.15, -0.1) is 0 Å². The molecule has 0 aromatic heterocycles. The highest BCUT2D eigenvalue weighted by atomic mass is 16.3. The largest absolute Gasteiger partial charge is 0.508 e. The molecule has 0 saturated heterocycles. The summed E-state index contributed by atoms with van der Waals surface area (Å²) in [6.07, 6.45) is 1.73. The molecular weight excluding hydrogens is 216 g/mol. The molecule has 1 N–H and O–H groups in total. The number of rotatable bonds is 1. The molecule has 1 aliphatic carbocycles. The summed E-state index contributed by atoms with van der Waals surface area (Å²) >= 11 is 0. The average molecular weight is 230 g/mol. The van der Waals surface area contributed by atoms with E-state index in [0.29, 0.717) is 11.1 Å². The van der Waals surface area contributed by atoms with Gasteiger partial charge in [0, 0.05) is 11.1 Å². The van der Waals surface area contributed by atoms with Crippen LogP contribution in [0.1, 0.15) is 48.2 Å². The van der Waals surface area contributed by atoms with Gasteiger partial charge >= 0.3 is 0 Å². The highest BCUT2D eigenvalue weighted by molar-refractivity contribution is 6.51. The van der Waals surface area contributed by atoms with Gasteiger partial charge in [0.15, 0.2) is 0 Å². The minimum absolute atomic E-state index is 0.0292. The summed E-state index contributed by atoms with van der Waals surface area (Å²) in [5, 5.41) is 9.60. The number of ketones is 2. The molecule has 0 amide bonds. The Morgan fingerprint density at radius 2 is 1.76 bits per heavy atom. The molecule has 0 atom stereocenters. The molecule has 1 aromatic carbocycles. The second kappa shape index (κ2) is 3.84. The number of carbonyl (C=O) groups excluding carboxylic acids is 2. The van der Waals surface area contributed by atoms with Crippen molar-refractivity contribution in [1.82, 2.24) is 0 Å². The van der Waals surface area contributed by atoms with E-state index in [4.69, 9.17) is 0 Å². The number of Topliss-reactive ketones (excluding diaryl/α,β-unsaturated/α-hetero) is 2. The van der Waals surface area contributed by atoms with Gasteiger partial charge in [0.1, 0.15) is 5.75 Å². The Labute approximate surface area is 99.8 Å². The number of allylic oxidation sites excluding steroid dienone is 1. The number of carbonyl (C=O) groups is 2. The molecule has 2 rings (SSSR count). The number of aromatic hydroxyl groups is 1. The van der Waals surface area contributed by atoms with E-state index in [-0.39, 0.29) is 11.7 Å². The number of hydrogen-bond acceptors (Lipinski definition) is 3. The van der Waals surface area contributed by atoms with Crippen molar-refractivity contribution in [2.75, 3.05) is 0 Å². The second-order valence-electron chi connectivity index (χ2n) is 4.64. The lowest BCUT2D eigenvalue weighted by Gasteiger charge is -2.18. The van der Waals surface area contributed by atoms with E-state index in [1.54, 1.807) is 19.1 Å². The Morgan fingerprint density at radius 3 is 2.35 bits per heavy atom. The van der Waals surface area contributed by atoms with E-state index in [9.17, 15) is 14.7 Å². The second-order valence-corrected chi connectivity index (χ2v) is 4.64. The fourth-order valence-electron chi connectivity index (χ4n) is 2.07. The smallest absolute Gasteiger partial charge is 0.233 e. The molecule has 17 heavy (non-hydrogen) atoms. The summed E-state index contributed by atoms with van der Waals surface area (Å²) in [6.45, 7) is 5.61. The fourth-order valence-corrected chi connectivity index (χ4v) is 2.07. The first-order valence-corrected chi connectivity index (χ1v) is 5.56. The molecule has 3 nitrogen and oxygen atoms in total. The van der Waals surface area contributed by atoms with E-state index >= 15 is 0 Å². The number of phenols is 1. The summed E-state index contributed by atoms with van der Waals surface area (Å²) in [5.74, 6) is -0.807. The summed E-state index contributed by atoms with van der Waals surface area (Å²) in [7, 11) is 0. The fraction of sp³-hybridized carbons (Fsp3) is 0.286. The molecule has 0 radical (unpaired) electrons. The molecule has 1 aromatic rings. The summed E-state index contributed by atoms with van der Waals surface area (Å²) in [6, 6.07) is 3.01. The lowest BCUT2D eigenvalue weighted by atomic mass is 9.84. The molecule has 0 heterocycles. The molecule has 0 fully saturated rings. The standard InChI is InChI=1S/C14H14O3/c1-7(2)10-5-9(15)6-12-11(10)4-8(3)13(16)14(12)17/h4-7,15H,1-3H3. The summed E-state index contributed by atoms with van der Waals surface area (Å²) in [5.41, 5.74) is 2.42. The molecular formula is C14H14O3. The van der Waals surface area contributed by atoms with Crippen LogP contribution in [0.2, 0.25) is 0 Å². The Kier molecular flexibility index (Phi) is 2.62. The van der Waals surface area contributed by atoms with E-state index < -0.39 is 11.6 Å². The zero-order valence-electron chi connectivity index (χ0n) is 10.1. The predicted molar refractivity (Wildman–Crippen MR) is 65.2 cm³/mol. The normalized spacial score (nSPS) is 14.9. The van der Waals surface area contributed by atoms with Crippen LogP contribution in [0.15, 0.2) is 17.7 Å². The van der Waals surface area contributed by atoms with Crippen LogP contribution in [-0.4, -0.2) is 16.7 Å². The van der Waals surface area contributed by atoms with E-state index in [1.807, 2.05) is 13.8 Å². The van der Waals surface area contributed by atoms with Crippen LogP contribution in [0.5, 0.6) is 5.75 Å². The molecule has 0 bridgehead atoms. The van der Waals surface area contributed by atoms with Crippen molar-refractivity contribution >= 4 is 17.6 Å². The van der Waals surface area contributed by atoms with Crippen molar-refractivity contribution in [3.8, 4) is 5.75 Å². The zero-order chi connectivity index (χ0) is 12.7. The maximum Gasteiger partial charge on any atom is 0.233 e. The van der Waals surface area contributed by atoms with Gasteiger partial charge in [-0.3, -0.25) is 9.59 Å². The third-order valence-corrected chi connectivity index (χ3v) is 2.99. The van der Waals surface area contributed by atoms with E-state index in [0.717, 1.165) is 11.1 Å². The van der Waals surface area contributed by atoms with Crippen LogP contribution in [0.3, 0.4) is 0 Å². The van der Waals surface area contributed by atoms with Crippen molar-refractivity contribution in [3.63, 3.8) is 0 Å². The Balaban J connectivity index is 2.77. The number of hydrogen-bond donors (Lipinski definition) is 1. The molecule has 0 aliphatic heterocycles. The van der Waals surface area contributed by atoms with Gasteiger partial charge in [-0.05, 0) is 42.2 Å². The van der Waals surface area contributed by atoms with Crippen molar-refractivity contribution in [2.24, 2.45) is 0 Å². The topological polar surface area (TPSA) is 54.4 Å². The molecule has 0 unspecified atom stereocenters. The molecule has 0 saturated carbocycles. The van der Waals surface area contributed by atoms with Crippen molar-refractivity contribution in [2.45, 2.75) is 26.7 Å². The highest BCUT2D eigenvalue weighted by Crippen LogP contribution is 2.32. The van der Waals surface area contributed by atoms with Crippen molar-refractivity contribution in [3.05, 3.63) is 34.4 Å². The van der Waals surface area contributed by atoms with Crippen LogP contribution in [0.4, 0.5) is 0 Å². The lowest BCUT2D eigenvalue weighted by Crippen LogP contribution is -2.21. The monoisotopic (exact) mass is 230 g/mol. The summed E-state index contributed by atoms with van der Waals surface area (Å²) in [4.78, 5) is 23.4. The number of fused-ring (bicyclic) bond motifs is 1. The first-order chi connectivity index (χ1) is 7.91. The molecule has 0 spiro atoms. The van der Waals surface area contributed by atoms with Gasteiger partial charge in [0.2, 0.25) is 11.6 Å². The van der Waals surface area contributed by atoms with Crippen molar-refractivity contribution in [1.29, 1.82) is 0 Å². The number of phenolic OH excluding ortho intramolecular Hbond substituents is 1. The van der Waals surface area contributed by atoms with Gasteiger partial charge < -0.3 is 5.11 Å². The van der Waals surface area contributed by atoms with Crippen LogP contribution in [0.25, 0.3) is 6.08 Å². The van der Waals surface area contributed by atoms with Crippen LogP contribution in [0, 0.1) is 0 Å². The predicted octanol–water partition coefficient (Wildman–Crippen LogP) is 2.68. The van der Waals surface area contributed by atoms with Gasteiger partial charge in [-0.2, -0.15) is 0 Å². The maximum atomic E-state index is 11.9. The Bertz CT molecular complexity index is 551. The Morgan fingerprint density at radius 1 is 1.12 bits per heavy atom. The molecule has 88 valence electrons. The zero-order valence-corrected chi connectivity index (χ0v) is 10.1. The average Bonchev–Trinajstić information content (AvgIpc) is 2.26. The first kappa shape index (κ1) is 11.6. The third-order valence-electron chi connectivity index (χ3n) is 2.99. The van der Waals surface area contributed by atoms with Gasteiger partial charge in [-0.25, -0.2) is 0 Å². The van der Waals surface area contributed by atoms with Gasteiger partial charge in [0.05, 0.1) is 0 Å². The Hall–Kier alpha value is -1.90. The van der Waals surface area contributed by atoms with E-state index in [2.05, 4.69) is 0 Å².